The molecule has 102 valence electrons. The minimum Gasteiger partial charge on any atom is -0.382 e. The van der Waals surface area contributed by atoms with Gasteiger partial charge in [0.15, 0.2) is 0 Å². The van der Waals surface area contributed by atoms with Gasteiger partial charge >= 0.3 is 0 Å². The first kappa shape index (κ1) is 12.6. The van der Waals surface area contributed by atoms with E-state index in [1.165, 1.54) is 31.5 Å². The predicted octanol–water partition coefficient (Wildman–Crippen LogP) is 0.646. The molecule has 3 heterocycles. The molecule has 5 nitrogen and oxygen atoms in total. The average Bonchev–Trinajstić information content (AvgIpc) is 2.86. The van der Waals surface area contributed by atoms with E-state index < -0.39 is 0 Å². The molecular formula is C14H21N5. The highest BCUT2D eigenvalue weighted by molar-refractivity contribution is 5.93. The van der Waals surface area contributed by atoms with Crippen LogP contribution in [0.1, 0.15) is 24.1 Å². The quantitative estimate of drug-likeness (QED) is 0.617. The van der Waals surface area contributed by atoms with Crippen LogP contribution < -0.4 is 5.73 Å². The summed E-state index contributed by atoms with van der Waals surface area (Å²) in [5.74, 6) is 0.0439. The summed E-state index contributed by atoms with van der Waals surface area (Å²) < 4.78 is 0. The van der Waals surface area contributed by atoms with Crippen molar-refractivity contribution in [2.45, 2.75) is 25.4 Å². The molecule has 19 heavy (non-hydrogen) atoms. The molecule has 1 aromatic heterocycles. The minimum absolute atomic E-state index is 0.0439. The minimum atomic E-state index is 0.0439. The van der Waals surface area contributed by atoms with Gasteiger partial charge in [0.1, 0.15) is 11.5 Å². The molecular weight excluding hydrogens is 238 g/mol. The molecule has 0 saturated carbocycles. The average molecular weight is 259 g/mol. The molecule has 0 amide bonds. The van der Waals surface area contributed by atoms with Gasteiger partial charge in [-0.15, -0.1) is 0 Å². The molecule has 1 aromatic rings. The summed E-state index contributed by atoms with van der Waals surface area (Å²) in [6.07, 6.45) is 4.44. The molecule has 0 aromatic carbocycles. The molecule has 1 unspecified atom stereocenters. The summed E-state index contributed by atoms with van der Waals surface area (Å²) in [5, 5.41) is 7.44. The van der Waals surface area contributed by atoms with Crippen LogP contribution in [0.25, 0.3) is 0 Å². The first-order valence-corrected chi connectivity index (χ1v) is 6.98. The van der Waals surface area contributed by atoms with Crippen molar-refractivity contribution in [2.75, 3.05) is 26.2 Å². The van der Waals surface area contributed by atoms with Gasteiger partial charge in [-0.25, -0.2) is 0 Å². The smallest absolute Gasteiger partial charge is 0.141 e. The van der Waals surface area contributed by atoms with Crippen molar-refractivity contribution in [3.8, 4) is 0 Å². The Morgan fingerprint density at radius 3 is 3.16 bits per heavy atom. The van der Waals surface area contributed by atoms with Crippen molar-refractivity contribution >= 4 is 5.84 Å². The van der Waals surface area contributed by atoms with E-state index in [-0.39, 0.29) is 5.84 Å². The first-order valence-electron chi connectivity index (χ1n) is 6.98. The fourth-order valence-corrected chi connectivity index (χ4v) is 3.18. The molecule has 2 saturated heterocycles. The summed E-state index contributed by atoms with van der Waals surface area (Å²) >= 11 is 0. The zero-order chi connectivity index (χ0) is 13.2. The van der Waals surface area contributed by atoms with Gasteiger partial charge in [-0.2, -0.15) is 0 Å². The van der Waals surface area contributed by atoms with Crippen LogP contribution in [-0.4, -0.2) is 52.8 Å². The molecule has 1 atom stereocenters. The van der Waals surface area contributed by atoms with Crippen molar-refractivity contribution in [3.05, 3.63) is 29.6 Å². The predicted molar refractivity (Wildman–Crippen MR) is 75.1 cm³/mol. The Hall–Kier alpha value is -1.46. The van der Waals surface area contributed by atoms with Crippen LogP contribution in [0.5, 0.6) is 0 Å². The third-order valence-electron chi connectivity index (χ3n) is 4.18. The van der Waals surface area contributed by atoms with Gasteiger partial charge in [0, 0.05) is 38.4 Å². The maximum absolute atomic E-state index is 7.44. The zero-order valence-corrected chi connectivity index (χ0v) is 11.2. The molecule has 2 aliphatic heterocycles. The maximum Gasteiger partial charge on any atom is 0.141 e. The Balaban J connectivity index is 1.65. The van der Waals surface area contributed by atoms with Crippen molar-refractivity contribution in [1.82, 2.24) is 14.8 Å². The molecule has 3 rings (SSSR count). The van der Waals surface area contributed by atoms with Gasteiger partial charge in [0.25, 0.3) is 0 Å². The van der Waals surface area contributed by atoms with Crippen LogP contribution in [-0.2, 0) is 6.54 Å². The van der Waals surface area contributed by atoms with Crippen molar-refractivity contribution in [1.29, 1.82) is 5.41 Å². The van der Waals surface area contributed by atoms with Crippen LogP contribution >= 0.6 is 0 Å². The lowest BCUT2D eigenvalue weighted by molar-refractivity contribution is 0.0993. The van der Waals surface area contributed by atoms with E-state index in [9.17, 15) is 0 Å². The summed E-state index contributed by atoms with van der Waals surface area (Å²) in [5.41, 5.74) is 7.27. The van der Waals surface area contributed by atoms with E-state index in [1.807, 2.05) is 12.1 Å². The van der Waals surface area contributed by atoms with E-state index in [1.54, 1.807) is 6.20 Å². The Bertz CT molecular complexity index is 473. The second kappa shape index (κ2) is 5.27. The van der Waals surface area contributed by atoms with Crippen LogP contribution in [0.3, 0.4) is 0 Å². The van der Waals surface area contributed by atoms with Crippen LogP contribution in [0.4, 0.5) is 0 Å². The van der Waals surface area contributed by atoms with Crippen molar-refractivity contribution in [2.24, 2.45) is 5.73 Å². The van der Waals surface area contributed by atoms with Crippen molar-refractivity contribution in [3.63, 3.8) is 0 Å². The SMILES string of the molecule is N=C(N)c1cc(CN2CCN3CCCC3C2)ccn1. The Labute approximate surface area is 113 Å². The second-order valence-electron chi connectivity index (χ2n) is 5.53. The number of pyridine rings is 1. The molecule has 0 spiro atoms. The maximum atomic E-state index is 7.44. The number of aromatic nitrogens is 1. The van der Waals surface area contributed by atoms with Gasteiger partial charge in [-0.1, -0.05) is 0 Å². The lowest BCUT2D eigenvalue weighted by atomic mass is 10.1. The monoisotopic (exact) mass is 259 g/mol. The number of nitrogens with one attached hydrogen (secondary N) is 1. The number of nitrogens with zero attached hydrogens (tertiary/aromatic N) is 3. The Morgan fingerprint density at radius 1 is 1.42 bits per heavy atom. The number of amidine groups is 1. The topological polar surface area (TPSA) is 69.2 Å². The largest absolute Gasteiger partial charge is 0.382 e. The number of fused-ring (bicyclic) bond motifs is 1. The Kier molecular flexibility index (Phi) is 3.48. The number of nitrogen functional groups attached to an aromatic ring is 1. The molecule has 2 fully saturated rings. The number of hydrogen-bond donors (Lipinski definition) is 2. The highest BCUT2D eigenvalue weighted by atomic mass is 15.3. The Morgan fingerprint density at radius 2 is 2.32 bits per heavy atom. The van der Waals surface area contributed by atoms with Gasteiger partial charge in [0.05, 0.1) is 0 Å². The number of rotatable bonds is 3. The van der Waals surface area contributed by atoms with Crippen LogP contribution in [0, 0.1) is 5.41 Å². The van der Waals surface area contributed by atoms with E-state index in [0.29, 0.717) is 5.69 Å². The lowest BCUT2D eigenvalue weighted by Crippen LogP contribution is -2.49. The van der Waals surface area contributed by atoms with E-state index in [0.717, 1.165) is 25.7 Å². The van der Waals surface area contributed by atoms with E-state index in [4.69, 9.17) is 11.1 Å². The number of hydrogen-bond acceptors (Lipinski definition) is 4. The molecule has 5 heteroatoms. The highest BCUT2D eigenvalue weighted by Gasteiger charge is 2.30. The molecule has 0 radical (unpaired) electrons. The van der Waals surface area contributed by atoms with Gasteiger partial charge < -0.3 is 5.73 Å². The second-order valence-corrected chi connectivity index (χ2v) is 5.53. The fourth-order valence-electron chi connectivity index (χ4n) is 3.18. The summed E-state index contributed by atoms with van der Waals surface area (Å²) in [6, 6.07) is 4.71. The summed E-state index contributed by atoms with van der Waals surface area (Å²) in [7, 11) is 0. The van der Waals surface area contributed by atoms with Crippen LogP contribution in [0.2, 0.25) is 0 Å². The zero-order valence-electron chi connectivity index (χ0n) is 11.2. The molecule has 3 N–H and O–H groups in total. The van der Waals surface area contributed by atoms with Gasteiger partial charge in [-0.05, 0) is 37.1 Å². The highest BCUT2D eigenvalue weighted by Crippen LogP contribution is 2.22. The molecule has 0 bridgehead atoms. The normalized spacial score (nSPS) is 24.3. The summed E-state index contributed by atoms with van der Waals surface area (Å²) in [6.45, 7) is 5.71. The third kappa shape index (κ3) is 2.77. The number of nitrogens with two attached hydrogens (primary N) is 1. The van der Waals surface area contributed by atoms with Gasteiger partial charge in [0.2, 0.25) is 0 Å². The van der Waals surface area contributed by atoms with Gasteiger partial charge in [-0.3, -0.25) is 20.2 Å². The van der Waals surface area contributed by atoms with Crippen LogP contribution in [0.15, 0.2) is 18.3 Å². The number of piperazine rings is 1. The van der Waals surface area contributed by atoms with E-state index >= 15 is 0 Å². The summed E-state index contributed by atoms with van der Waals surface area (Å²) in [4.78, 5) is 9.23. The molecule has 2 aliphatic rings. The van der Waals surface area contributed by atoms with E-state index in [2.05, 4.69) is 14.8 Å². The third-order valence-corrected chi connectivity index (χ3v) is 4.18. The molecule has 0 aliphatic carbocycles. The lowest BCUT2D eigenvalue weighted by Gasteiger charge is -2.37. The standard InChI is InChI=1S/C14H21N5/c15-14(16)13-8-11(3-4-17-13)9-18-6-7-19-5-1-2-12(19)10-18/h3-4,8,12H,1-2,5-7,9-10H2,(H3,15,16). The van der Waals surface area contributed by atoms with Crippen molar-refractivity contribution < 1.29 is 0 Å². The first-order chi connectivity index (χ1) is 9.22. The fraction of sp³-hybridized carbons (Fsp3) is 0.571.